The second-order valence-electron chi connectivity index (χ2n) is 4.27. The van der Waals surface area contributed by atoms with Crippen LogP contribution in [0.25, 0.3) is 0 Å². The van der Waals surface area contributed by atoms with Gasteiger partial charge in [-0.05, 0) is 26.7 Å². The van der Waals surface area contributed by atoms with E-state index in [-0.39, 0.29) is 0 Å². The molecule has 2 rings (SSSR count). The van der Waals surface area contributed by atoms with E-state index < -0.39 is 0 Å². The number of hydrogen-bond acceptors (Lipinski definition) is 4. The van der Waals surface area contributed by atoms with Crippen LogP contribution >= 0.6 is 11.3 Å². The smallest absolute Gasteiger partial charge is 0.0794 e. The summed E-state index contributed by atoms with van der Waals surface area (Å²) in [7, 11) is 0. The van der Waals surface area contributed by atoms with Crippen LogP contribution in [-0.4, -0.2) is 23.2 Å². The SMILES string of the molecule is CC1CC(NCc2cncs2)CC(C)O1. The molecule has 1 fully saturated rings. The average molecular weight is 226 g/mol. The van der Waals surface area contributed by atoms with E-state index >= 15 is 0 Å². The van der Waals surface area contributed by atoms with E-state index in [1.165, 1.54) is 4.88 Å². The second-order valence-corrected chi connectivity index (χ2v) is 5.25. The van der Waals surface area contributed by atoms with Crippen LogP contribution in [0, 0.1) is 0 Å². The summed E-state index contributed by atoms with van der Waals surface area (Å²) in [6.45, 7) is 5.24. The van der Waals surface area contributed by atoms with Crippen LogP contribution in [0.3, 0.4) is 0 Å². The van der Waals surface area contributed by atoms with Crippen LogP contribution in [0.5, 0.6) is 0 Å². The molecule has 0 radical (unpaired) electrons. The molecular formula is C11H18N2OS. The lowest BCUT2D eigenvalue weighted by Crippen LogP contribution is -2.40. The summed E-state index contributed by atoms with van der Waals surface area (Å²) in [5.41, 5.74) is 1.88. The molecule has 84 valence electrons. The van der Waals surface area contributed by atoms with Crippen molar-refractivity contribution < 1.29 is 4.74 Å². The van der Waals surface area contributed by atoms with E-state index in [2.05, 4.69) is 24.1 Å². The van der Waals surface area contributed by atoms with E-state index in [4.69, 9.17) is 4.74 Å². The molecule has 1 N–H and O–H groups in total. The predicted molar refractivity (Wildman–Crippen MR) is 62.0 cm³/mol. The van der Waals surface area contributed by atoms with Crippen molar-refractivity contribution in [2.75, 3.05) is 0 Å². The topological polar surface area (TPSA) is 34.2 Å². The van der Waals surface area contributed by atoms with Crippen molar-refractivity contribution in [3.63, 3.8) is 0 Å². The molecule has 0 aromatic carbocycles. The van der Waals surface area contributed by atoms with Gasteiger partial charge in [0, 0.05) is 23.7 Å². The minimum Gasteiger partial charge on any atom is -0.375 e. The molecule has 0 amide bonds. The zero-order chi connectivity index (χ0) is 10.7. The molecule has 2 atom stereocenters. The highest BCUT2D eigenvalue weighted by atomic mass is 32.1. The van der Waals surface area contributed by atoms with Gasteiger partial charge in [0.25, 0.3) is 0 Å². The second kappa shape index (κ2) is 5.05. The Bertz CT molecular complexity index is 279. The molecule has 2 unspecified atom stereocenters. The van der Waals surface area contributed by atoms with Gasteiger partial charge in [-0.2, -0.15) is 0 Å². The van der Waals surface area contributed by atoms with Crippen LogP contribution in [0.1, 0.15) is 31.6 Å². The fourth-order valence-corrected chi connectivity index (χ4v) is 2.69. The molecule has 1 aliphatic rings. The minimum absolute atomic E-state index is 0.382. The maximum atomic E-state index is 5.70. The van der Waals surface area contributed by atoms with Crippen LogP contribution in [0.4, 0.5) is 0 Å². The van der Waals surface area contributed by atoms with Crippen LogP contribution in [0.15, 0.2) is 11.7 Å². The molecule has 3 nitrogen and oxygen atoms in total. The zero-order valence-electron chi connectivity index (χ0n) is 9.27. The molecule has 2 heterocycles. The third-order valence-electron chi connectivity index (χ3n) is 2.75. The van der Waals surface area contributed by atoms with Gasteiger partial charge in [-0.15, -0.1) is 11.3 Å². The summed E-state index contributed by atoms with van der Waals surface area (Å²) >= 11 is 1.71. The highest BCUT2D eigenvalue weighted by Gasteiger charge is 2.23. The fourth-order valence-electron chi connectivity index (χ4n) is 2.15. The summed E-state index contributed by atoms with van der Waals surface area (Å²) in [5, 5.41) is 3.58. The van der Waals surface area contributed by atoms with Gasteiger partial charge in [0.1, 0.15) is 0 Å². The van der Waals surface area contributed by atoms with E-state index in [1.807, 2.05) is 11.7 Å². The zero-order valence-corrected chi connectivity index (χ0v) is 10.1. The van der Waals surface area contributed by atoms with Crippen molar-refractivity contribution in [3.8, 4) is 0 Å². The van der Waals surface area contributed by atoms with Crippen molar-refractivity contribution in [2.45, 2.75) is 51.5 Å². The van der Waals surface area contributed by atoms with Gasteiger partial charge in [-0.25, -0.2) is 0 Å². The molecule has 1 aliphatic heterocycles. The first kappa shape index (κ1) is 11.0. The predicted octanol–water partition coefficient (Wildman–Crippen LogP) is 2.19. The van der Waals surface area contributed by atoms with E-state index in [0.29, 0.717) is 18.2 Å². The summed E-state index contributed by atoms with van der Waals surface area (Å²) in [6, 6.07) is 0.589. The molecule has 15 heavy (non-hydrogen) atoms. The van der Waals surface area contributed by atoms with Crippen molar-refractivity contribution in [2.24, 2.45) is 0 Å². The normalized spacial score (nSPS) is 31.7. The van der Waals surface area contributed by atoms with Crippen molar-refractivity contribution in [1.29, 1.82) is 0 Å². The first-order valence-electron chi connectivity index (χ1n) is 5.50. The molecule has 1 saturated heterocycles. The Kier molecular flexibility index (Phi) is 3.72. The van der Waals surface area contributed by atoms with Crippen LogP contribution in [-0.2, 0) is 11.3 Å². The molecular weight excluding hydrogens is 208 g/mol. The highest BCUT2D eigenvalue weighted by Crippen LogP contribution is 2.19. The lowest BCUT2D eigenvalue weighted by Gasteiger charge is -2.32. The van der Waals surface area contributed by atoms with Gasteiger partial charge in [0.15, 0.2) is 0 Å². The number of ether oxygens (including phenoxy) is 1. The molecule has 0 spiro atoms. The van der Waals surface area contributed by atoms with Crippen molar-refractivity contribution >= 4 is 11.3 Å². The van der Waals surface area contributed by atoms with Crippen LogP contribution in [0.2, 0.25) is 0 Å². The lowest BCUT2D eigenvalue weighted by molar-refractivity contribution is -0.0422. The molecule has 0 saturated carbocycles. The first-order chi connectivity index (χ1) is 7.24. The quantitative estimate of drug-likeness (QED) is 0.858. The molecule has 1 aromatic rings. The first-order valence-corrected chi connectivity index (χ1v) is 6.38. The van der Waals surface area contributed by atoms with Crippen molar-refractivity contribution in [3.05, 3.63) is 16.6 Å². The number of rotatable bonds is 3. The van der Waals surface area contributed by atoms with Crippen molar-refractivity contribution in [1.82, 2.24) is 10.3 Å². The maximum Gasteiger partial charge on any atom is 0.0794 e. The standard InChI is InChI=1S/C11H18N2OS/c1-8-3-10(4-9(2)14-8)13-6-11-5-12-7-15-11/h5,7-10,13H,3-4,6H2,1-2H3. The average Bonchev–Trinajstić information content (AvgIpc) is 2.65. The molecule has 0 bridgehead atoms. The third kappa shape index (κ3) is 3.26. The largest absolute Gasteiger partial charge is 0.375 e. The Balaban J connectivity index is 1.79. The maximum absolute atomic E-state index is 5.70. The lowest BCUT2D eigenvalue weighted by atomic mass is 10.00. The Labute approximate surface area is 94.9 Å². The Morgan fingerprint density at radius 2 is 2.20 bits per heavy atom. The summed E-state index contributed by atoms with van der Waals surface area (Å²) < 4.78 is 5.70. The summed E-state index contributed by atoms with van der Waals surface area (Å²) in [5.74, 6) is 0. The number of hydrogen-bond donors (Lipinski definition) is 1. The van der Waals surface area contributed by atoms with Crippen LogP contribution < -0.4 is 5.32 Å². The number of aromatic nitrogens is 1. The monoisotopic (exact) mass is 226 g/mol. The Morgan fingerprint density at radius 1 is 1.47 bits per heavy atom. The fraction of sp³-hybridized carbons (Fsp3) is 0.727. The van der Waals surface area contributed by atoms with E-state index in [1.54, 1.807) is 11.3 Å². The minimum atomic E-state index is 0.382. The van der Waals surface area contributed by atoms with Gasteiger partial charge in [0.2, 0.25) is 0 Å². The van der Waals surface area contributed by atoms with Gasteiger partial charge in [-0.1, -0.05) is 0 Å². The van der Waals surface area contributed by atoms with E-state index in [9.17, 15) is 0 Å². The van der Waals surface area contributed by atoms with Gasteiger partial charge < -0.3 is 10.1 Å². The molecule has 0 aliphatic carbocycles. The van der Waals surface area contributed by atoms with Gasteiger partial charge in [-0.3, -0.25) is 4.98 Å². The number of nitrogens with one attached hydrogen (secondary N) is 1. The van der Waals surface area contributed by atoms with Gasteiger partial charge >= 0.3 is 0 Å². The summed E-state index contributed by atoms with van der Waals surface area (Å²) in [4.78, 5) is 5.38. The highest BCUT2D eigenvalue weighted by molar-refractivity contribution is 7.09. The van der Waals surface area contributed by atoms with E-state index in [0.717, 1.165) is 19.4 Å². The van der Waals surface area contributed by atoms with Gasteiger partial charge in [0.05, 0.1) is 17.7 Å². The molecule has 1 aromatic heterocycles. The molecule has 4 heteroatoms. The summed E-state index contributed by atoms with van der Waals surface area (Å²) in [6.07, 6.45) is 4.93. The third-order valence-corrected chi connectivity index (χ3v) is 3.53. The Hall–Kier alpha value is -0.450. The number of nitrogens with zero attached hydrogens (tertiary/aromatic N) is 1. The number of thiazole rings is 1. The Morgan fingerprint density at radius 3 is 2.80 bits per heavy atom.